The van der Waals surface area contributed by atoms with Crippen LogP contribution in [0.3, 0.4) is 0 Å². The van der Waals surface area contributed by atoms with Crippen LogP contribution in [-0.2, 0) is 24.3 Å². The minimum Gasteiger partial charge on any atom is -0.507 e. The lowest BCUT2D eigenvalue weighted by atomic mass is 9.78. The largest absolute Gasteiger partial charge is 0.507 e. The van der Waals surface area contributed by atoms with Gasteiger partial charge in [0, 0.05) is 31.4 Å². The van der Waals surface area contributed by atoms with Crippen molar-refractivity contribution in [2.24, 2.45) is 7.05 Å². The Morgan fingerprint density at radius 3 is 2.14 bits per heavy atom. The number of phenolic OH excluding ortho intramolecular Hbond substituents is 1. The van der Waals surface area contributed by atoms with Crippen molar-refractivity contribution in [3.05, 3.63) is 47.0 Å². The van der Waals surface area contributed by atoms with Crippen molar-refractivity contribution in [2.75, 3.05) is 0 Å². The lowest BCUT2D eigenvalue weighted by Gasteiger charge is -2.27. The molecular formula is C19H28N2O. The van der Waals surface area contributed by atoms with E-state index in [-0.39, 0.29) is 10.8 Å². The fourth-order valence-corrected chi connectivity index (χ4v) is 2.57. The third kappa shape index (κ3) is 3.34. The maximum atomic E-state index is 10.8. The molecular weight excluding hydrogens is 272 g/mol. The molecule has 1 heterocycles. The molecule has 1 aromatic carbocycles. The number of imidazole rings is 1. The maximum absolute atomic E-state index is 10.8. The predicted octanol–water partition coefficient (Wildman–Crippen LogP) is 4.31. The quantitative estimate of drug-likeness (QED) is 0.897. The summed E-state index contributed by atoms with van der Waals surface area (Å²) in [7, 11) is 1.98. The number of aromatic nitrogens is 2. The zero-order chi connectivity index (χ0) is 16.7. The molecule has 0 unspecified atom stereocenters. The van der Waals surface area contributed by atoms with Gasteiger partial charge >= 0.3 is 0 Å². The highest BCUT2D eigenvalue weighted by atomic mass is 16.3. The zero-order valence-electron chi connectivity index (χ0n) is 14.9. The summed E-state index contributed by atoms with van der Waals surface area (Å²) in [5.41, 5.74) is 3.15. The fourth-order valence-electron chi connectivity index (χ4n) is 2.57. The number of hydrogen-bond donors (Lipinski definition) is 1. The molecule has 1 aromatic heterocycles. The Hall–Kier alpha value is -1.77. The normalized spacial score (nSPS) is 12.7. The van der Waals surface area contributed by atoms with Crippen molar-refractivity contribution in [3.8, 4) is 5.75 Å². The van der Waals surface area contributed by atoms with Crippen molar-refractivity contribution in [1.29, 1.82) is 0 Å². The van der Waals surface area contributed by atoms with E-state index in [9.17, 15) is 5.11 Å². The van der Waals surface area contributed by atoms with Gasteiger partial charge in [-0.3, -0.25) is 0 Å². The highest BCUT2D eigenvalue weighted by molar-refractivity contribution is 5.49. The SMILES string of the molecule is Cn1ccnc1Cc1cc(C(C)(C)C)cc(C(C)(C)C)c1O. The molecule has 0 saturated heterocycles. The molecule has 3 heteroatoms. The Bertz CT molecular complexity index is 670. The number of nitrogens with zero attached hydrogens (tertiary/aromatic N) is 2. The van der Waals surface area contributed by atoms with Gasteiger partial charge in [0.2, 0.25) is 0 Å². The number of hydrogen-bond acceptors (Lipinski definition) is 2. The molecule has 1 N–H and O–H groups in total. The Morgan fingerprint density at radius 1 is 1.05 bits per heavy atom. The third-order valence-electron chi connectivity index (χ3n) is 4.13. The molecule has 0 aliphatic heterocycles. The minimum absolute atomic E-state index is 0.0457. The molecule has 120 valence electrons. The van der Waals surface area contributed by atoms with Crippen LogP contribution in [-0.4, -0.2) is 14.7 Å². The second kappa shape index (κ2) is 5.45. The van der Waals surface area contributed by atoms with Gasteiger partial charge in [-0.15, -0.1) is 0 Å². The van der Waals surface area contributed by atoms with Gasteiger partial charge in [-0.05, 0) is 22.0 Å². The van der Waals surface area contributed by atoms with Crippen molar-refractivity contribution in [1.82, 2.24) is 9.55 Å². The van der Waals surface area contributed by atoms with E-state index >= 15 is 0 Å². The van der Waals surface area contributed by atoms with Gasteiger partial charge in [0.1, 0.15) is 11.6 Å². The van der Waals surface area contributed by atoms with E-state index in [4.69, 9.17) is 0 Å². The highest BCUT2D eigenvalue weighted by Gasteiger charge is 2.25. The summed E-state index contributed by atoms with van der Waals surface area (Å²) < 4.78 is 2.00. The minimum atomic E-state index is -0.0955. The van der Waals surface area contributed by atoms with Crippen molar-refractivity contribution in [2.45, 2.75) is 58.8 Å². The summed E-state index contributed by atoms with van der Waals surface area (Å²) in [6, 6.07) is 4.27. The van der Waals surface area contributed by atoms with E-state index < -0.39 is 0 Å². The van der Waals surface area contributed by atoms with Crippen molar-refractivity contribution < 1.29 is 5.11 Å². The summed E-state index contributed by atoms with van der Waals surface area (Å²) in [5, 5.41) is 10.8. The number of rotatable bonds is 2. The molecule has 0 fully saturated rings. The third-order valence-corrected chi connectivity index (χ3v) is 4.13. The Kier molecular flexibility index (Phi) is 4.12. The molecule has 0 saturated carbocycles. The number of phenols is 1. The molecule has 22 heavy (non-hydrogen) atoms. The monoisotopic (exact) mass is 300 g/mol. The van der Waals surface area contributed by atoms with Crippen LogP contribution in [0, 0.1) is 0 Å². The van der Waals surface area contributed by atoms with Crippen LogP contribution < -0.4 is 0 Å². The highest BCUT2D eigenvalue weighted by Crippen LogP contribution is 2.38. The summed E-state index contributed by atoms with van der Waals surface area (Å²) in [6.45, 7) is 13.0. The summed E-state index contributed by atoms with van der Waals surface area (Å²) >= 11 is 0. The van der Waals surface area contributed by atoms with Gasteiger partial charge < -0.3 is 9.67 Å². The zero-order valence-corrected chi connectivity index (χ0v) is 14.9. The summed E-state index contributed by atoms with van der Waals surface area (Å²) in [5.74, 6) is 1.37. The van der Waals surface area contributed by atoms with Crippen LogP contribution in [0.1, 0.15) is 64.1 Å². The van der Waals surface area contributed by atoms with Crippen LogP contribution in [0.2, 0.25) is 0 Å². The number of aryl methyl sites for hydroxylation is 1. The number of aromatic hydroxyl groups is 1. The first-order valence-corrected chi connectivity index (χ1v) is 7.83. The Morgan fingerprint density at radius 2 is 1.68 bits per heavy atom. The van der Waals surface area contributed by atoms with Crippen LogP contribution in [0.25, 0.3) is 0 Å². The maximum Gasteiger partial charge on any atom is 0.122 e. The van der Waals surface area contributed by atoms with E-state index in [1.807, 2.05) is 17.8 Å². The van der Waals surface area contributed by atoms with E-state index in [2.05, 4.69) is 58.7 Å². The Balaban J connectivity index is 2.59. The van der Waals surface area contributed by atoms with Gasteiger partial charge in [0.05, 0.1) is 0 Å². The molecule has 0 radical (unpaired) electrons. The van der Waals surface area contributed by atoms with Gasteiger partial charge in [0.25, 0.3) is 0 Å². The van der Waals surface area contributed by atoms with Crippen molar-refractivity contribution >= 4 is 0 Å². The van der Waals surface area contributed by atoms with Crippen molar-refractivity contribution in [3.63, 3.8) is 0 Å². The average molecular weight is 300 g/mol. The van der Waals surface area contributed by atoms with Gasteiger partial charge in [-0.25, -0.2) is 4.98 Å². The standard InChI is InChI=1S/C19H28N2O/c1-18(2,3)14-10-13(11-16-20-8-9-21(16)7)17(22)15(12-14)19(4,5)6/h8-10,12,22H,11H2,1-7H3. The van der Waals surface area contributed by atoms with Crippen LogP contribution in [0.5, 0.6) is 5.75 Å². The second-order valence-electron chi connectivity index (χ2n) is 8.16. The van der Waals surface area contributed by atoms with Gasteiger partial charge in [-0.1, -0.05) is 53.7 Å². The van der Waals surface area contributed by atoms with E-state index in [1.165, 1.54) is 5.56 Å². The molecule has 0 atom stereocenters. The smallest absolute Gasteiger partial charge is 0.122 e. The summed E-state index contributed by atoms with van der Waals surface area (Å²) in [4.78, 5) is 4.39. The fraction of sp³-hybridized carbons (Fsp3) is 0.526. The van der Waals surface area contributed by atoms with E-state index in [0.717, 1.165) is 17.0 Å². The predicted molar refractivity (Wildman–Crippen MR) is 91.5 cm³/mol. The topological polar surface area (TPSA) is 38.0 Å². The first kappa shape index (κ1) is 16.6. The van der Waals surface area contributed by atoms with E-state index in [0.29, 0.717) is 12.2 Å². The van der Waals surface area contributed by atoms with E-state index in [1.54, 1.807) is 6.20 Å². The molecule has 0 amide bonds. The molecule has 2 aromatic rings. The molecule has 0 aliphatic rings. The van der Waals surface area contributed by atoms with Crippen LogP contribution >= 0.6 is 0 Å². The van der Waals surface area contributed by atoms with Gasteiger partial charge in [-0.2, -0.15) is 0 Å². The Labute approximate surface area is 134 Å². The second-order valence-corrected chi connectivity index (χ2v) is 8.16. The molecule has 3 nitrogen and oxygen atoms in total. The van der Waals surface area contributed by atoms with Crippen LogP contribution in [0.4, 0.5) is 0 Å². The molecule has 0 bridgehead atoms. The lowest BCUT2D eigenvalue weighted by molar-refractivity contribution is 0.438. The average Bonchev–Trinajstić information content (AvgIpc) is 2.74. The molecule has 0 spiro atoms. The molecule has 2 rings (SSSR count). The molecule has 0 aliphatic carbocycles. The summed E-state index contributed by atoms with van der Waals surface area (Å²) in [6.07, 6.45) is 4.37. The number of benzene rings is 1. The van der Waals surface area contributed by atoms with Gasteiger partial charge in [0.15, 0.2) is 0 Å². The first-order chi connectivity index (χ1) is 10.00. The van der Waals surface area contributed by atoms with Crippen LogP contribution in [0.15, 0.2) is 24.5 Å². The lowest BCUT2D eigenvalue weighted by Crippen LogP contribution is -2.17. The first-order valence-electron chi connectivity index (χ1n) is 7.83.